The molecule has 2 heterocycles. The number of hydrogen-bond acceptors (Lipinski definition) is 4. The van der Waals surface area contributed by atoms with E-state index in [1.165, 1.54) is 4.90 Å². The van der Waals surface area contributed by atoms with Crippen molar-refractivity contribution in [2.75, 3.05) is 16.8 Å². The standard InChI is InChI=1S/C17H19N3O3/c21-15-5-2-8-19(15)13-4-1-3-11(9-13)18-14-10-16(22)20(17(14)23)12-6-7-12/h1,3-4,9,12,14,18H,2,5-8,10H2/t14-/m0/s1. The van der Waals surface area contributed by atoms with Gasteiger partial charge in [0.2, 0.25) is 11.8 Å². The van der Waals surface area contributed by atoms with Gasteiger partial charge in [0.25, 0.3) is 5.91 Å². The van der Waals surface area contributed by atoms with Gasteiger partial charge in [0.1, 0.15) is 6.04 Å². The van der Waals surface area contributed by atoms with E-state index in [1.807, 2.05) is 24.3 Å². The summed E-state index contributed by atoms with van der Waals surface area (Å²) < 4.78 is 0. The van der Waals surface area contributed by atoms with Crippen LogP contribution >= 0.6 is 0 Å². The van der Waals surface area contributed by atoms with Crippen LogP contribution in [0.2, 0.25) is 0 Å². The van der Waals surface area contributed by atoms with E-state index < -0.39 is 6.04 Å². The fraction of sp³-hybridized carbons (Fsp3) is 0.471. The Morgan fingerprint density at radius 2 is 1.91 bits per heavy atom. The minimum atomic E-state index is -0.493. The van der Waals surface area contributed by atoms with Gasteiger partial charge in [-0.1, -0.05) is 6.07 Å². The topological polar surface area (TPSA) is 69.7 Å². The van der Waals surface area contributed by atoms with E-state index in [-0.39, 0.29) is 30.2 Å². The second kappa shape index (κ2) is 5.37. The lowest BCUT2D eigenvalue weighted by atomic mass is 10.2. The molecule has 2 aliphatic heterocycles. The van der Waals surface area contributed by atoms with Crippen LogP contribution in [0.25, 0.3) is 0 Å². The minimum absolute atomic E-state index is 0.0825. The summed E-state index contributed by atoms with van der Waals surface area (Å²) in [5, 5.41) is 3.16. The summed E-state index contributed by atoms with van der Waals surface area (Å²) in [6, 6.07) is 7.13. The molecule has 0 spiro atoms. The van der Waals surface area contributed by atoms with Crippen molar-refractivity contribution in [2.24, 2.45) is 0 Å². The predicted molar refractivity (Wildman–Crippen MR) is 84.9 cm³/mol. The number of nitrogens with zero attached hydrogens (tertiary/aromatic N) is 2. The number of likely N-dealkylation sites (tertiary alicyclic amines) is 1. The fourth-order valence-corrected chi connectivity index (χ4v) is 3.37. The number of rotatable bonds is 4. The summed E-state index contributed by atoms with van der Waals surface area (Å²) in [6.07, 6.45) is 3.53. The normalized spacial score (nSPS) is 24.7. The third-order valence-corrected chi connectivity index (χ3v) is 4.67. The molecule has 0 bridgehead atoms. The Morgan fingerprint density at radius 3 is 2.61 bits per heavy atom. The number of carbonyl (C=O) groups is 3. The first-order valence-corrected chi connectivity index (χ1v) is 8.16. The van der Waals surface area contributed by atoms with E-state index in [4.69, 9.17) is 0 Å². The number of amides is 3. The van der Waals surface area contributed by atoms with Crippen LogP contribution < -0.4 is 10.2 Å². The Bertz CT molecular complexity index is 683. The zero-order valence-electron chi connectivity index (χ0n) is 12.8. The number of imide groups is 1. The molecule has 6 nitrogen and oxygen atoms in total. The maximum Gasteiger partial charge on any atom is 0.252 e. The highest BCUT2D eigenvalue weighted by molar-refractivity contribution is 6.07. The Hall–Kier alpha value is -2.37. The maximum atomic E-state index is 12.4. The Labute approximate surface area is 134 Å². The molecular weight excluding hydrogens is 294 g/mol. The molecule has 1 aromatic carbocycles. The van der Waals surface area contributed by atoms with E-state index in [0.29, 0.717) is 6.42 Å². The highest BCUT2D eigenvalue weighted by atomic mass is 16.2. The third-order valence-electron chi connectivity index (χ3n) is 4.67. The zero-order valence-corrected chi connectivity index (χ0v) is 12.8. The van der Waals surface area contributed by atoms with Gasteiger partial charge in [-0.05, 0) is 37.5 Å². The Kier molecular flexibility index (Phi) is 3.32. The van der Waals surface area contributed by atoms with Gasteiger partial charge in [0, 0.05) is 30.4 Å². The first-order chi connectivity index (χ1) is 11.1. The molecule has 1 N–H and O–H groups in total. The highest BCUT2D eigenvalue weighted by Crippen LogP contribution is 2.32. The van der Waals surface area contributed by atoms with Gasteiger partial charge < -0.3 is 10.2 Å². The molecule has 1 aromatic rings. The van der Waals surface area contributed by atoms with E-state index in [0.717, 1.165) is 37.2 Å². The zero-order chi connectivity index (χ0) is 16.0. The average molecular weight is 313 g/mol. The van der Waals surface area contributed by atoms with Gasteiger partial charge >= 0.3 is 0 Å². The van der Waals surface area contributed by atoms with Crippen molar-refractivity contribution in [3.05, 3.63) is 24.3 Å². The molecule has 4 rings (SSSR count). The number of nitrogens with one attached hydrogen (secondary N) is 1. The molecule has 6 heteroatoms. The second-order valence-corrected chi connectivity index (χ2v) is 6.43. The summed E-state index contributed by atoms with van der Waals surface area (Å²) in [5.74, 6) is -0.0739. The van der Waals surface area contributed by atoms with Crippen LogP contribution in [-0.4, -0.2) is 41.2 Å². The van der Waals surface area contributed by atoms with Gasteiger partial charge in [-0.2, -0.15) is 0 Å². The van der Waals surface area contributed by atoms with Crippen LogP contribution in [0.15, 0.2) is 24.3 Å². The number of carbonyl (C=O) groups excluding carboxylic acids is 3. The molecule has 0 aromatic heterocycles. The van der Waals surface area contributed by atoms with Crippen LogP contribution in [0.4, 0.5) is 11.4 Å². The van der Waals surface area contributed by atoms with Crippen LogP contribution in [0.1, 0.15) is 32.1 Å². The van der Waals surface area contributed by atoms with E-state index in [9.17, 15) is 14.4 Å². The first-order valence-electron chi connectivity index (χ1n) is 8.16. The summed E-state index contributed by atoms with van der Waals surface area (Å²) in [5.41, 5.74) is 1.61. The smallest absolute Gasteiger partial charge is 0.252 e. The van der Waals surface area contributed by atoms with Gasteiger partial charge in [-0.25, -0.2) is 0 Å². The molecule has 2 saturated heterocycles. The van der Waals surface area contributed by atoms with Crippen molar-refractivity contribution in [3.63, 3.8) is 0 Å². The van der Waals surface area contributed by atoms with Crippen molar-refractivity contribution in [1.29, 1.82) is 0 Å². The third kappa shape index (κ3) is 2.58. The molecule has 3 fully saturated rings. The number of benzene rings is 1. The van der Waals surface area contributed by atoms with Gasteiger partial charge in [-0.15, -0.1) is 0 Å². The summed E-state index contributed by atoms with van der Waals surface area (Å²) in [6.45, 7) is 0.735. The van der Waals surface area contributed by atoms with Crippen molar-refractivity contribution >= 4 is 29.1 Å². The molecule has 1 atom stereocenters. The number of anilines is 2. The van der Waals surface area contributed by atoms with Gasteiger partial charge in [0.05, 0.1) is 6.42 Å². The predicted octanol–water partition coefficient (Wildman–Crippen LogP) is 1.52. The van der Waals surface area contributed by atoms with Crippen molar-refractivity contribution in [2.45, 2.75) is 44.2 Å². The van der Waals surface area contributed by atoms with Crippen LogP contribution in [0.5, 0.6) is 0 Å². The average Bonchev–Trinajstić information content (AvgIpc) is 3.20. The SMILES string of the molecule is O=C1CCCN1c1cccc(N[C@H]2CC(=O)N(C3CC3)C2=O)c1. The first kappa shape index (κ1) is 14.2. The van der Waals surface area contributed by atoms with E-state index in [2.05, 4.69) is 5.32 Å². The molecule has 1 saturated carbocycles. The molecule has 0 radical (unpaired) electrons. The van der Waals surface area contributed by atoms with Crippen LogP contribution in [0.3, 0.4) is 0 Å². The molecule has 0 unspecified atom stereocenters. The summed E-state index contributed by atoms with van der Waals surface area (Å²) >= 11 is 0. The quantitative estimate of drug-likeness (QED) is 0.856. The van der Waals surface area contributed by atoms with Gasteiger partial charge in [0.15, 0.2) is 0 Å². The monoisotopic (exact) mass is 313 g/mol. The highest BCUT2D eigenvalue weighted by Gasteiger charge is 2.46. The molecule has 3 amide bonds. The minimum Gasteiger partial charge on any atom is -0.373 e. The lowest BCUT2D eigenvalue weighted by Gasteiger charge is -2.19. The summed E-state index contributed by atoms with van der Waals surface area (Å²) in [7, 11) is 0. The summed E-state index contributed by atoms with van der Waals surface area (Å²) in [4.78, 5) is 39.4. The lowest BCUT2D eigenvalue weighted by Crippen LogP contribution is -2.36. The molecule has 23 heavy (non-hydrogen) atoms. The fourth-order valence-electron chi connectivity index (χ4n) is 3.37. The van der Waals surface area contributed by atoms with Gasteiger partial charge in [-0.3, -0.25) is 19.3 Å². The van der Waals surface area contributed by atoms with Crippen LogP contribution in [-0.2, 0) is 14.4 Å². The Balaban J connectivity index is 1.50. The van der Waals surface area contributed by atoms with Crippen molar-refractivity contribution < 1.29 is 14.4 Å². The molecule has 3 aliphatic rings. The van der Waals surface area contributed by atoms with Crippen molar-refractivity contribution in [3.8, 4) is 0 Å². The Morgan fingerprint density at radius 1 is 1.09 bits per heavy atom. The molecule has 1 aliphatic carbocycles. The van der Waals surface area contributed by atoms with E-state index >= 15 is 0 Å². The number of hydrogen-bond donors (Lipinski definition) is 1. The maximum absolute atomic E-state index is 12.4. The molecular formula is C17H19N3O3. The van der Waals surface area contributed by atoms with Crippen LogP contribution in [0, 0.1) is 0 Å². The molecule has 120 valence electrons. The second-order valence-electron chi connectivity index (χ2n) is 6.43. The van der Waals surface area contributed by atoms with E-state index in [1.54, 1.807) is 4.90 Å². The largest absolute Gasteiger partial charge is 0.373 e. The lowest BCUT2D eigenvalue weighted by molar-refractivity contribution is -0.139. The van der Waals surface area contributed by atoms with Crippen molar-refractivity contribution in [1.82, 2.24) is 4.90 Å².